The molecular weight excluding hydrogens is 124 g/mol. The van der Waals surface area contributed by atoms with E-state index in [0.717, 1.165) is 0 Å². The molecule has 0 saturated carbocycles. The monoisotopic (exact) mass is 142 g/mol. The Labute approximate surface area is 63.8 Å². The van der Waals surface area contributed by atoms with Crippen molar-refractivity contribution in [3.63, 3.8) is 0 Å². The lowest BCUT2D eigenvalue weighted by Gasteiger charge is -2.30. The molecule has 0 fully saturated rings. The second-order valence-corrected chi connectivity index (χ2v) is 3.55. The van der Waals surface area contributed by atoms with Gasteiger partial charge in [0, 0.05) is 0 Å². The van der Waals surface area contributed by atoms with Gasteiger partial charge in [0.05, 0.1) is 6.10 Å². The van der Waals surface area contributed by atoms with E-state index in [4.69, 9.17) is 0 Å². The van der Waals surface area contributed by atoms with Crippen molar-refractivity contribution in [2.75, 3.05) is 0 Å². The zero-order chi connectivity index (χ0) is 8.36. The summed E-state index contributed by atoms with van der Waals surface area (Å²) in [5.74, 6) is 0.269. The quantitative estimate of drug-likeness (QED) is 0.599. The van der Waals surface area contributed by atoms with Crippen LogP contribution in [0.25, 0.3) is 0 Å². The Kier molecular flexibility index (Phi) is 3.10. The lowest BCUT2D eigenvalue weighted by atomic mass is 9.77. The van der Waals surface area contributed by atoms with E-state index in [1.54, 1.807) is 0 Å². The molecule has 0 aromatic heterocycles. The van der Waals surface area contributed by atoms with Crippen LogP contribution in [-0.2, 0) is 0 Å². The third kappa shape index (κ3) is 2.14. The molecule has 0 aromatic carbocycles. The van der Waals surface area contributed by atoms with Crippen molar-refractivity contribution in [2.45, 2.75) is 33.8 Å². The molecule has 1 nitrogen and oxygen atoms in total. The number of hydrogen-bond acceptors (Lipinski definition) is 1. The van der Waals surface area contributed by atoms with E-state index in [9.17, 15) is 5.11 Å². The maximum Gasteiger partial charge on any atom is 0.0545 e. The number of rotatable bonds is 3. The highest BCUT2D eigenvalue weighted by atomic mass is 16.3. The molecular formula is C9H18O. The van der Waals surface area contributed by atoms with E-state index in [2.05, 4.69) is 20.4 Å². The van der Waals surface area contributed by atoms with Gasteiger partial charge in [-0.25, -0.2) is 0 Å². The maximum absolute atomic E-state index is 9.24. The molecule has 1 N–H and O–H groups in total. The summed E-state index contributed by atoms with van der Waals surface area (Å²) in [6.45, 7) is 11.7. The third-order valence-electron chi connectivity index (χ3n) is 2.42. The summed E-state index contributed by atoms with van der Waals surface area (Å²) in [6.07, 6.45) is 1.64. The number of aliphatic hydroxyl groups is 1. The van der Waals surface area contributed by atoms with Crippen LogP contribution < -0.4 is 0 Å². The number of aliphatic hydroxyl groups excluding tert-OH is 1. The van der Waals surface area contributed by atoms with Gasteiger partial charge in [0.15, 0.2) is 0 Å². The first kappa shape index (κ1) is 9.70. The average molecular weight is 142 g/mol. The first-order chi connectivity index (χ1) is 4.41. The molecule has 10 heavy (non-hydrogen) atoms. The Morgan fingerprint density at radius 3 is 1.90 bits per heavy atom. The van der Waals surface area contributed by atoms with Crippen LogP contribution in [0.4, 0.5) is 0 Å². The predicted octanol–water partition coefficient (Wildman–Crippen LogP) is 2.22. The van der Waals surface area contributed by atoms with E-state index in [-0.39, 0.29) is 17.4 Å². The molecule has 2 atom stereocenters. The van der Waals surface area contributed by atoms with Crippen LogP contribution >= 0.6 is 0 Å². The summed E-state index contributed by atoms with van der Waals surface area (Å²) in [7, 11) is 0. The smallest absolute Gasteiger partial charge is 0.0545 e. The fourth-order valence-electron chi connectivity index (χ4n) is 0.808. The van der Waals surface area contributed by atoms with Crippen molar-refractivity contribution in [3.8, 4) is 0 Å². The van der Waals surface area contributed by atoms with Crippen molar-refractivity contribution in [3.05, 3.63) is 12.7 Å². The molecule has 0 bridgehead atoms. The van der Waals surface area contributed by atoms with E-state index in [1.807, 2.05) is 19.9 Å². The first-order valence-corrected chi connectivity index (χ1v) is 3.73. The SMILES string of the molecule is C=CC(C)(C)C(C)C(C)O. The average Bonchev–Trinajstić information content (AvgIpc) is 1.86. The van der Waals surface area contributed by atoms with Crippen LogP contribution in [-0.4, -0.2) is 11.2 Å². The standard InChI is InChI=1S/C9H18O/c1-6-9(4,5)7(2)8(3)10/h6-8,10H,1H2,2-5H3. The molecule has 60 valence electrons. The summed E-state index contributed by atoms with van der Waals surface area (Å²) < 4.78 is 0. The van der Waals surface area contributed by atoms with Gasteiger partial charge in [-0.2, -0.15) is 0 Å². The molecule has 0 aliphatic heterocycles. The van der Waals surface area contributed by atoms with Crippen LogP contribution in [0.15, 0.2) is 12.7 Å². The zero-order valence-electron chi connectivity index (χ0n) is 7.39. The van der Waals surface area contributed by atoms with E-state index in [0.29, 0.717) is 0 Å². The minimum atomic E-state index is -0.256. The molecule has 0 heterocycles. The first-order valence-electron chi connectivity index (χ1n) is 3.73. The van der Waals surface area contributed by atoms with Gasteiger partial charge in [-0.05, 0) is 18.3 Å². The van der Waals surface area contributed by atoms with Crippen molar-refractivity contribution < 1.29 is 5.11 Å². The lowest BCUT2D eigenvalue weighted by Crippen LogP contribution is -2.28. The predicted molar refractivity (Wildman–Crippen MR) is 44.8 cm³/mol. The molecule has 0 rings (SSSR count). The largest absolute Gasteiger partial charge is 0.393 e. The number of hydrogen-bond donors (Lipinski definition) is 1. The minimum Gasteiger partial charge on any atom is -0.393 e. The van der Waals surface area contributed by atoms with Crippen molar-refractivity contribution in [1.82, 2.24) is 0 Å². The zero-order valence-corrected chi connectivity index (χ0v) is 7.39. The van der Waals surface area contributed by atoms with Gasteiger partial charge in [0.2, 0.25) is 0 Å². The maximum atomic E-state index is 9.24. The van der Waals surface area contributed by atoms with Gasteiger partial charge in [-0.3, -0.25) is 0 Å². The third-order valence-corrected chi connectivity index (χ3v) is 2.42. The van der Waals surface area contributed by atoms with Gasteiger partial charge in [0.1, 0.15) is 0 Å². The second kappa shape index (κ2) is 3.20. The minimum absolute atomic E-state index is 0.0359. The highest BCUT2D eigenvalue weighted by molar-refractivity contribution is 4.92. The van der Waals surface area contributed by atoms with E-state index >= 15 is 0 Å². The van der Waals surface area contributed by atoms with Crippen LogP contribution in [0.5, 0.6) is 0 Å². The molecule has 0 amide bonds. The highest BCUT2D eigenvalue weighted by Gasteiger charge is 2.25. The molecule has 0 aliphatic rings. The second-order valence-electron chi connectivity index (χ2n) is 3.55. The van der Waals surface area contributed by atoms with Crippen LogP contribution in [0.2, 0.25) is 0 Å². The van der Waals surface area contributed by atoms with Crippen LogP contribution in [0.1, 0.15) is 27.7 Å². The Hall–Kier alpha value is -0.300. The Bertz CT molecular complexity index is 114. The topological polar surface area (TPSA) is 20.2 Å². The Balaban J connectivity index is 4.17. The van der Waals surface area contributed by atoms with Crippen molar-refractivity contribution in [1.29, 1.82) is 0 Å². The summed E-state index contributed by atoms with van der Waals surface area (Å²) >= 11 is 0. The molecule has 0 aromatic rings. The summed E-state index contributed by atoms with van der Waals surface area (Å²) in [6, 6.07) is 0. The van der Waals surface area contributed by atoms with Gasteiger partial charge in [-0.1, -0.05) is 26.8 Å². The van der Waals surface area contributed by atoms with Crippen LogP contribution in [0.3, 0.4) is 0 Å². The molecule has 0 saturated heterocycles. The molecule has 1 heteroatoms. The summed E-state index contributed by atoms with van der Waals surface area (Å²) in [5.41, 5.74) is 0.0359. The van der Waals surface area contributed by atoms with Gasteiger partial charge >= 0.3 is 0 Å². The molecule has 2 unspecified atom stereocenters. The Morgan fingerprint density at radius 2 is 1.80 bits per heavy atom. The van der Waals surface area contributed by atoms with E-state index < -0.39 is 0 Å². The van der Waals surface area contributed by atoms with Gasteiger partial charge < -0.3 is 5.11 Å². The molecule has 0 radical (unpaired) electrons. The summed E-state index contributed by atoms with van der Waals surface area (Å²) in [4.78, 5) is 0. The highest BCUT2D eigenvalue weighted by Crippen LogP contribution is 2.29. The summed E-state index contributed by atoms with van der Waals surface area (Å²) in [5, 5.41) is 9.24. The van der Waals surface area contributed by atoms with Crippen LogP contribution in [0, 0.1) is 11.3 Å². The van der Waals surface area contributed by atoms with Crippen molar-refractivity contribution >= 4 is 0 Å². The van der Waals surface area contributed by atoms with Gasteiger partial charge in [-0.15, -0.1) is 6.58 Å². The molecule has 0 aliphatic carbocycles. The van der Waals surface area contributed by atoms with Crippen molar-refractivity contribution in [2.24, 2.45) is 11.3 Å². The molecule has 0 spiro atoms. The lowest BCUT2D eigenvalue weighted by molar-refractivity contribution is 0.0819. The fourth-order valence-corrected chi connectivity index (χ4v) is 0.808. The normalized spacial score (nSPS) is 18.1. The Morgan fingerprint density at radius 1 is 1.40 bits per heavy atom. The van der Waals surface area contributed by atoms with E-state index in [1.165, 1.54) is 0 Å². The fraction of sp³-hybridized carbons (Fsp3) is 0.778. The van der Waals surface area contributed by atoms with Gasteiger partial charge in [0.25, 0.3) is 0 Å². The number of allylic oxidation sites excluding steroid dienone is 1.